The van der Waals surface area contributed by atoms with Gasteiger partial charge in [0, 0.05) is 13.0 Å². The second-order valence-electron chi connectivity index (χ2n) is 3.48. The molecule has 0 bridgehead atoms. The molecule has 0 saturated heterocycles. The molecule has 0 radical (unpaired) electrons. The summed E-state index contributed by atoms with van der Waals surface area (Å²) in [4.78, 5) is 15.7. The fraction of sp³-hybridized carbons (Fsp3) is 0.455. The third kappa shape index (κ3) is 4.06. The Bertz CT molecular complexity index is 327. The summed E-state index contributed by atoms with van der Waals surface area (Å²) in [6.45, 7) is 3.90. The van der Waals surface area contributed by atoms with E-state index in [4.69, 9.17) is 0 Å². The molecule has 1 aromatic rings. The predicted molar refractivity (Wildman–Crippen MR) is 69.1 cm³/mol. The fourth-order valence-electron chi connectivity index (χ4n) is 1.07. The van der Waals surface area contributed by atoms with E-state index in [1.54, 1.807) is 13.2 Å². The number of hydrogen-bond donors (Lipinski definition) is 2. The van der Waals surface area contributed by atoms with Crippen LogP contribution in [0.5, 0.6) is 0 Å². The number of rotatable bonds is 4. The zero-order valence-corrected chi connectivity index (χ0v) is 10.6. The van der Waals surface area contributed by atoms with E-state index in [0.717, 1.165) is 17.9 Å². The van der Waals surface area contributed by atoms with Crippen molar-refractivity contribution in [3.63, 3.8) is 0 Å². The van der Waals surface area contributed by atoms with Crippen molar-refractivity contribution in [1.29, 1.82) is 0 Å². The first-order chi connectivity index (χ1) is 7.17. The highest BCUT2D eigenvalue weighted by atomic mass is 35.5. The van der Waals surface area contributed by atoms with Gasteiger partial charge in [-0.3, -0.25) is 4.79 Å². The van der Waals surface area contributed by atoms with E-state index in [2.05, 4.69) is 15.6 Å². The number of nitrogens with zero attached hydrogens (tertiary/aromatic N) is 1. The largest absolute Gasteiger partial charge is 0.373 e. The fourth-order valence-corrected chi connectivity index (χ4v) is 1.07. The topological polar surface area (TPSA) is 54.0 Å². The first-order valence-electron chi connectivity index (χ1n) is 5.12. The number of aromatic nitrogens is 1. The third-order valence-corrected chi connectivity index (χ3v) is 2.35. The lowest BCUT2D eigenvalue weighted by Crippen LogP contribution is -2.19. The van der Waals surface area contributed by atoms with Crippen LogP contribution in [0, 0.1) is 5.92 Å². The van der Waals surface area contributed by atoms with Crippen LogP contribution in [0.1, 0.15) is 20.3 Å². The van der Waals surface area contributed by atoms with Crippen LogP contribution in [-0.2, 0) is 4.79 Å². The Labute approximate surface area is 102 Å². The maximum Gasteiger partial charge on any atom is 0.227 e. The van der Waals surface area contributed by atoms with Crippen LogP contribution in [0.4, 0.5) is 11.5 Å². The Morgan fingerprint density at radius 2 is 2.19 bits per heavy atom. The Morgan fingerprint density at radius 1 is 1.50 bits per heavy atom. The van der Waals surface area contributed by atoms with Crippen LogP contribution < -0.4 is 10.6 Å². The number of anilines is 2. The van der Waals surface area contributed by atoms with Crippen molar-refractivity contribution in [2.45, 2.75) is 20.3 Å². The molecule has 2 N–H and O–H groups in total. The zero-order valence-electron chi connectivity index (χ0n) is 9.78. The van der Waals surface area contributed by atoms with Crippen LogP contribution in [0.2, 0.25) is 0 Å². The molecule has 1 rings (SSSR count). The predicted octanol–water partition coefficient (Wildman–Crippen LogP) is 2.53. The van der Waals surface area contributed by atoms with E-state index >= 15 is 0 Å². The highest BCUT2D eigenvalue weighted by molar-refractivity contribution is 5.92. The van der Waals surface area contributed by atoms with Crippen molar-refractivity contribution >= 4 is 29.8 Å². The van der Waals surface area contributed by atoms with Gasteiger partial charge in [0.15, 0.2) is 0 Å². The molecule has 1 heterocycles. The lowest BCUT2D eigenvalue weighted by atomic mass is 10.1. The summed E-state index contributed by atoms with van der Waals surface area (Å²) in [7, 11) is 1.81. The molecule has 4 nitrogen and oxygen atoms in total. The molecule has 0 spiro atoms. The van der Waals surface area contributed by atoms with Gasteiger partial charge in [0.05, 0.1) is 11.9 Å². The zero-order chi connectivity index (χ0) is 11.3. The number of hydrogen-bond acceptors (Lipinski definition) is 3. The number of pyridine rings is 1. The Kier molecular flexibility index (Phi) is 6.49. The minimum absolute atomic E-state index is 0. The van der Waals surface area contributed by atoms with Gasteiger partial charge in [-0.05, 0) is 18.6 Å². The maximum atomic E-state index is 11.5. The normalized spacial score (nSPS) is 11.2. The lowest BCUT2D eigenvalue weighted by molar-refractivity contribution is -0.119. The summed E-state index contributed by atoms with van der Waals surface area (Å²) < 4.78 is 0. The van der Waals surface area contributed by atoms with E-state index < -0.39 is 0 Å². The van der Waals surface area contributed by atoms with Gasteiger partial charge in [0.25, 0.3) is 0 Å². The molecule has 16 heavy (non-hydrogen) atoms. The van der Waals surface area contributed by atoms with Crippen LogP contribution in [0.25, 0.3) is 0 Å². The first-order valence-corrected chi connectivity index (χ1v) is 5.12. The molecule has 0 aromatic carbocycles. The number of carbonyl (C=O) groups is 1. The summed E-state index contributed by atoms with van der Waals surface area (Å²) >= 11 is 0. The van der Waals surface area contributed by atoms with Crippen LogP contribution in [-0.4, -0.2) is 17.9 Å². The van der Waals surface area contributed by atoms with Crippen molar-refractivity contribution in [2.75, 3.05) is 17.7 Å². The van der Waals surface area contributed by atoms with Crippen LogP contribution in [0.15, 0.2) is 18.3 Å². The summed E-state index contributed by atoms with van der Waals surface area (Å²) in [5.74, 6) is 0.863. The van der Waals surface area contributed by atoms with Gasteiger partial charge in [0.1, 0.15) is 5.82 Å². The van der Waals surface area contributed by atoms with Crippen molar-refractivity contribution in [3.05, 3.63) is 18.3 Å². The van der Waals surface area contributed by atoms with Crippen LogP contribution in [0.3, 0.4) is 0 Å². The van der Waals surface area contributed by atoms with Crippen molar-refractivity contribution in [1.82, 2.24) is 4.98 Å². The molecule has 1 aromatic heterocycles. The molecule has 0 aliphatic rings. The van der Waals surface area contributed by atoms with Gasteiger partial charge in [-0.2, -0.15) is 0 Å². The van der Waals surface area contributed by atoms with Gasteiger partial charge < -0.3 is 10.6 Å². The standard InChI is InChI=1S/C11H17N3O.ClH/c1-4-8(2)11(15)14-9-5-6-10(12-3)13-7-9;/h5-8H,4H2,1-3H3,(H,12,13)(H,14,15);1H. The van der Waals surface area contributed by atoms with E-state index in [1.807, 2.05) is 26.0 Å². The smallest absolute Gasteiger partial charge is 0.227 e. The molecule has 0 aliphatic carbocycles. The second kappa shape index (κ2) is 7.06. The number of halogens is 1. The van der Waals surface area contributed by atoms with E-state index in [-0.39, 0.29) is 24.2 Å². The van der Waals surface area contributed by atoms with Gasteiger partial charge in [0.2, 0.25) is 5.91 Å². The summed E-state index contributed by atoms with van der Waals surface area (Å²) in [5, 5.41) is 5.73. The SMILES string of the molecule is CCC(C)C(=O)Nc1ccc(NC)nc1.Cl. The van der Waals surface area contributed by atoms with E-state index in [0.29, 0.717) is 0 Å². The molecule has 0 saturated carbocycles. The van der Waals surface area contributed by atoms with Gasteiger partial charge in [-0.15, -0.1) is 12.4 Å². The molecule has 1 unspecified atom stereocenters. The molecule has 90 valence electrons. The number of nitrogens with one attached hydrogen (secondary N) is 2. The highest BCUT2D eigenvalue weighted by Gasteiger charge is 2.10. The quantitative estimate of drug-likeness (QED) is 0.855. The molecule has 0 fully saturated rings. The minimum Gasteiger partial charge on any atom is -0.373 e. The summed E-state index contributed by atoms with van der Waals surface area (Å²) in [6, 6.07) is 3.66. The molecule has 0 aliphatic heterocycles. The van der Waals surface area contributed by atoms with Gasteiger partial charge in [-0.25, -0.2) is 4.98 Å². The van der Waals surface area contributed by atoms with Crippen molar-refractivity contribution in [3.8, 4) is 0 Å². The van der Waals surface area contributed by atoms with Crippen LogP contribution >= 0.6 is 12.4 Å². The van der Waals surface area contributed by atoms with Crippen molar-refractivity contribution < 1.29 is 4.79 Å². The number of carbonyl (C=O) groups excluding carboxylic acids is 1. The summed E-state index contributed by atoms with van der Waals surface area (Å²) in [5.41, 5.74) is 0.735. The van der Waals surface area contributed by atoms with Crippen molar-refractivity contribution in [2.24, 2.45) is 5.92 Å². The maximum absolute atomic E-state index is 11.5. The monoisotopic (exact) mass is 243 g/mol. The van der Waals surface area contributed by atoms with Gasteiger partial charge in [-0.1, -0.05) is 13.8 Å². The second-order valence-corrected chi connectivity index (χ2v) is 3.48. The number of amides is 1. The van der Waals surface area contributed by atoms with Gasteiger partial charge >= 0.3 is 0 Å². The average molecular weight is 244 g/mol. The molecule has 1 atom stereocenters. The molecule has 5 heteroatoms. The third-order valence-electron chi connectivity index (χ3n) is 2.35. The minimum atomic E-state index is 0. The Balaban J connectivity index is 0.00000225. The first kappa shape index (κ1) is 14.7. The van der Waals surface area contributed by atoms with E-state index in [9.17, 15) is 4.79 Å². The summed E-state index contributed by atoms with van der Waals surface area (Å²) in [6.07, 6.45) is 2.49. The molecule has 1 amide bonds. The highest BCUT2D eigenvalue weighted by Crippen LogP contribution is 2.11. The molecular weight excluding hydrogens is 226 g/mol. The Hall–Kier alpha value is -1.29. The average Bonchev–Trinajstić information content (AvgIpc) is 2.29. The van der Waals surface area contributed by atoms with E-state index in [1.165, 1.54) is 0 Å². The molecular formula is C11H18ClN3O. The lowest BCUT2D eigenvalue weighted by Gasteiger charge is -2.09. The Morgan fingerprint density at radius 3 is 2.62 bits per heavy atom.